The van der Waals surface area contributed by atoms with Gasteiger partial charge in [-0.05, 0) is 37.0 Å². The number of aliphatic hydroxyl groups excluding tert-OH is 1. The normalized spacial score (nSPS) is 12.5. The first-order chi connectivity index (χ1) is 14.3. The van der Waals surface area contributed by atoms with E-state index in [0.717, 1.165) is 12.0 Å². The lowest BCUT2D eigenvalue weighted by Crippen LogP contribution is -2.31. The van der Waals surface area contributed by atoms with Gasteiger partial charge < -0.3 is 19.7 Å². The van der Waals surface area contributed by atoms with Crippen molar-refractivity contribution in [3.05, 3.63) is 50.7 Å². The van der Waals surface area contributed by atoms with Crippen molar-refractivity contribution in [3.63, 3.8) is 0 Å². The molecule has 0 aliphatic carbocycles. The van der Waals surface area contributed by atoms with Gasteiger partial charge in [-0.3, -0.25) is 14.3 Å². The molecule has 2 aromatic heterocycles. The summed E-state index contributed by atoms with van der Waals surface area (Å²) in [4.78, 5) is 31.2. The van der Waals surface area contributed by atoms with Gasteiger partial charge in [-0.25, -0.2) is 4.79 Å². The maximum Gasteiger partial charge on any atom is 0.329 e. The van der Waals surface area contributed by atoms with E-state index in [-0.39, 0.29) is 24.3 Å². The zero-order valence-electron chi connectivity index (χ0n) is 17.8. The van der Waals surface area contributed by atoms with Crippen LogP contribution in [0.25, 0.3) is 11.2 Å². The van der Waals surface area contributed by atoms with Crippen LogP contribution in [0.4, 0.5) is 5.95 Å². The number of H-pyrrole nitrogens is 1. The topological polar surface area (TPSA) is 114 Å². The lowest BCUT2D eigenvalue weighted by molar-refractivity contribution is 0.0938. The van der Waals surface area contributed by atoms with Gasteiger partial charge in [0.1, 0.15) is 18.5 Å². The van der Waals surface area contributed by atoms with E-state index in [1.165, 1.54) is 4.57 Å². The molecule has 0 bridgehead atoms. The number of benzene rings is 1. The Morgan fingerprint density at radius 1 is 1.30 bits per heavy atom. The third-order valence-corrected chi connectivity index (χ3v) is 4.84. The Balaban J connectivity index is 1.86. The fraction of sp³-hybridized carbons (Fsp3) is 0.476. The molecule has 0 aliphatic heterocycles. The highest BCUT2D eigenvalue weighted by atomic mass is 16.5. The minimum absolute atomic E-state index is 0.0538. The van der Waals surface area contributed by atoms with Crippen LogP contribution in [-0.4, -0.2) is 43.5 Å². The Kier molecular flexibility index (Phi) is 6.61. The molecule has 0 fully saturated rings. The van der Waals surface area contributed by atoms with E-state index < -0.39 is 17.4 Å². The number of hydrogen-bond acceptors (Lipinski definition) is 6. The highest BCUT2D eigenvalue weighted by Crippen LogP contribution is 2.18. The molecule has 0 saturated carbocycles. The first-order valence-electron chi connectivity index (χ1n) is 10.1. The van der Waals surface area contributed by atoms with Crippen LogP contribution in [0.2, 0.25) is 0 Å². The number of ether oxygens (including phenoxy) is 1. The molecule has 3 aromatic rings. The Hall–Kier alpha value is -3.07. The maximum absolute atomic E-state index is 12.5. The molecular weight excluding hydrogens is 386 g/mol. The molecule has 3 rings (SSSR count). The Morgan fingerprint density at radius 2 is 2.07 bits per heavy atom. The van der Waals surface area contributed by atoms with Crippen LogP contribution >= 0.6 is 0 Å². The van der Waals surface area contributed by atoms with Crippen molar-refractivity contribution in [1.29, 1.82) is 0 Å². The van der Waals surface area contributed by atoms with Crippen molar-refractivity contribution < 1.29 is 9.84 Å². The number of imidazole rings is 1. The van der Waals surface area contributed by atoms with Gasteiger partial charge in [-0.15, -0.1) is 0 Å². The monoisotopic (exact) mass is 415 g/mol. The molecule has 9 nitrogen and oxygen atoms in total. The molecule has 0 radical (unpaired) electrons. The van der Waals surface area contributed by atoms with Crippen molar-refractivity contribution >= 4 is 17.1 Å². The van der Waals surface area contributed by atoms with Gasteiger partial charge in [-0.1, -0.05) is 26.0 Å². The molecule has 162 valence electrons. The third kappa shape index (κ3) is 4.91. The molecule has 30 heavy (non-hydrogen) atoms. The Labute approximate surface area is 174 Å². The van der Waals surface area contributed by atoms with Gasteiger partial charge in [-0.2, -0.15) is 4.98 Å². The minimum Gasteiger partial charge on any atom is -0.491 e. The highest BCUT2D eigenvalue weighted by molar-refractivity contribution is 5.74. The molecule has 0 unspecified atom stereocenters. The zero-order valence-corrected chi connectivity index (χ0v) is 17.8. The molecule has 0 spiro atoms. The quantitative estimate of drug-likeness (QED) is 0.489. The summed E-state index contributed by atoms with van der Waals surface area (Å²) >= 11 is 0. The van der Waals surface area contributed by atoms with Crippen LogP contribution in [0.15, 0.2) is 33.9 Å². The van der Waals surface area contributed by atoms with Gasteiger partial charge in [0.15, 0.2) is 11.2 Å². The van der Waals surface area contributed by atoms with Crippen molar-refractivity contribution in [2.75, 3.05) is 18.5 Å². The Bertz CT molecular complexity index is 1130. The molecule has 2 heterocycles. The predicted octanol–water partition coefficient (Wildman–Crippen LogP) is 1.63. The summed E-state index contributed by atoms with van der Waals surface area (Å²) in [6, 6.07) is 7.56. The molecule has 3 N–H and O–H groups in total. The molecule has 9 heteroatoms. The van der Waals surface area contributed by atoms with Crippen LogP contribution in [0.5, 0.6) is 5.75 Å². The highest BCUT2D eigenvalue weighted by Gasteiger charge is 2.20. The smallest absolute Gasteiger partial charge is 0.329 e. The van der Waals surface area contributed by atoms with Gasteiger partial charge in [0.05, 0.1) is 6.54 Å². The van der Waals surface area contributed by atoms with Crippen molar-refractivity contribution in [1.82, 2.24) is 19.1 Å². The summed E-state index contributed by atoms with van der Waals surface area (Å²) in [6.45, 7) is 7.00. The molecule has 0 aliphatic rings. The number of aliphatic hydroxyl groups is 1. The molecule has 0 amide bonds. The largest absolute Gasteiger partial charge is 0.491 e. The van der Waals surface area contributed by atoms with Crippen LogP contribution in [0, 0.1) is 12.8 Å². The van der Waals surface area contributed by atoms with Gasteiger partial charge in [0, 0.05) is 13.6 Å². The standard InChI is InChI=1S/C21H29N5O4/c1-13(2)8-9-22-20-23-18-17(19(28)24-21(29)25(18)4)26(20)11-15(27)12-30-16-7-5-6-14(3)10-16/h5-7,10,13,15,27H,8-9,11-12H2,1-4H3,(H,22,23)(H,24,28,29)/t15-/m1/s1. The van der Waals surface area contributed by atoms with E-state index in [1.54, 1.807) is 11.6 Å². The third-order valence-electron chi connectivity index (χ3n) is 4.84. The summed E-state index contributed by atoms with van der Waals surface area (Å²) < 4.78 is 8.59. The van der Waals surface area contributed by atoms with E-state index >= 15 is 0 Å². The second-order valence-corrected chi connectivity index (χ2v) is 7.93. The number of hydrogen-bond donors (Lipinski definition) is 3. The minimum atomic E-state index is -0.884. The first kappa shape index (κ1) is 21.6. The number of fused-ring (bicyclic) bond motifs is 1. The van der Waals surface area contributed by atoms with Crippen molar-refractivity contribution in [2.24, 2.45) is 13.0 Å². The summed E-state index contributed by atoms with van der Waals surface area (Å²) in [6.07, 6.45) is 0.0301. The van der Waals surface area contributed by atoms with E-state index in [0.29, 0.717) is 24.2 Å². The van der Waals surface area contributed by atoms with Gasteiger partial charge >= 0.3 is 5.69 Å². The van der Waals surface area contributed by atoms with Gasteiger partial charge in [0.25, 0.3) is 5.56 Å². The second kappa shape index (κ2) is 9.17. The predicted molar refractivity (Wildman–Crippen MR) is 116 cm³/mol. The average Bonchev–Trinajstić information content (AvgIpc) is 3.03. The van der Waals surface area contributed by atoms with Crippen LogP contribution < -0.4 is 21.3 Å². The van der Waals surface area contributed by atoms with Crippen LogP contribution in [-0.2, 0) is 13.6 Å². The summed E-state index contributed by atoms with van der Waals surface area (Å²) in [5.74, 6) is 1.60. The number of aromatic nitrogens is 4. The maximum atomic E-state index is 12.5. The fourth-order valence-electron chi connectivity index (χ4n) is 3.18. The first-order valence-corrected chi connectivity index (χ1v) is 10.1. The number of aromatic amines is 1. The fourth-order valence-corrected chi connectivity index (χ4v) is 3.18. The summed E-state index contributed by atoms with van der Waals surface area (Å²) in [7, 11) is 1.55. The van der Waals surface area contributed by atoms with Crippen molar-refractivity contribution in [3.8, 4) is 5.75 Å². The lowest BCUT2D eigenvalue weighted by Gasteiger charge is -2.16. The second-order valence-electron chi connectivity index (χ2n) is 7.93. The number of nitrogens with zero attached hydrogens (tertiary/aromatic N) is 3. The molecule has 0 saturated heterocycles. The Morgan fingerprint density at radius 3 is 2.77 bits per heavy atom. The van der Waals surface area contributed by atoms with E-state index in [9.17, 15) is 14.7 Å². The van der Waals surface area contributed by atoms with Crippen LogP contribution in [0.1, 0.15) is 25.8 Å². The van der Waals surface area contributed by atoms with Crippen LogP contribution in [0.3, 0.4) is 0 Å². The number of nitrogens with one attached hydrogen (secondary N) is 2. The summed E-state index contributed by atoms with van der Waals surface area (Å²) in [5.41, 5.74) is 0.492. The summed E-state index contributed by atoms with van der Waals surface area (Å²) in [5, 5.41) is 13.8. The van der Waals surface area contributed by atoms with E-state index in [1.807, 2.05) is 31.2 Å². The average molecular weight is 415 g/mol. The number of anilines is 1. The zero-order chi connectivity index (χ0) is 21.8. The molecular formula is C21H29N5O4. The molecule has 1 atom stereocenters. The number of aryl methyl sites for hydroxylation is 2. The van der Waals surface area contributed by atoms with E-state index in [4.69, 9.17) is 4.74 Å². The lowest BCUT2D eigenvalue weighted by atomic mass is 10.1. The molecule has 1 aromatic carbocycles. The van der Waals surface area contributed by atoms with E-state index in [2.05, 4.69) is 29.1 Å². The SMILES string of the molecule is Cc1cccc(OC[C@H](O)Cn2c(NCCC(C)C)nc3c2c(=O)[nH]c(=O)n3C)c1. The number of rotatable bonds is 9. The van der Waals surface area contributed by atoms with Gasteiger partial charge in [0.2, 0.25) is 5.95 Å². The van der Waals surface area contributed by atoms with Crippen molar-refractivity contribution in [2.45, 2.75) is 39.8 Å².